The van der Waals surface area contributed by atoms with E-state index in [4.69, 9.17) is 28.3 Å². The van der Waals surface area contributed by atoms with E-state index in [1.165, 1.54) is 13.1 Å². The summed E-state index contributed by atoms with van der Waals surface area (Å²) in [4.78, 5) is 43.9. The van der Waals surface area contributed by atoms with Crippen LogP contribution in [-0.2, 0) is 32.0 Å². The Hall–Kier alpha value is -1.30. The summed E-state index contributed by atoms with van der Waals surface area (Å²) in [6.45, 7) is -0.0951. The fourth-order valence-corrected chi connectivity index (χ4v) is 5.67. The lowest BCUT2D eigenvalue weighted by molar-refractivity contribution is -0.245. The van der Waals surface area contributed by atoms with Gasteiger partial charge in [-0.25, -0.2) is 13.9 Å². The average molecular weight is 548 g/mol. The number of nitrogens with zero attached hydrogens (tertiary/aromatic N) is 1. The van der Waals surface area contributed by atoms with E-state index in [1.54, 1.807) is 0 Å². The van der Waals surface area contributed by atoms with Gasteiger partial charge < -0.3 is 39.7 Å². The second-order valence-electron chi connectivity index (χ2n) is 7.93. The van der Waals surface area contributed by atoms with Gasteiger partial charge in [-0.1, -0.05) is 0 Å². The molecule has 200 valence electrons. The first kappa shape index (κ1) is 28.3. The van der Waals surface area contributed by atoms with Crippen molar-refractivity contribution in [1.82, 2.24) is 9.55 Å². The molecule has 0 spiro atoms. The molecule has 3 rings (SSSR count). The topological polar surface area (TPSA) is 257 Å². The molecule has 2 fully saturated rings. The summed E-state index contributed by atoms with van der Waals surface area (Å²) in [5.74, 6) is 0. The fraction of sp³-hybridized carbons (Fsp3) is 0.750. The molecule has 1 aromatic rings. The van der Waals surface area contributed by atoms with Gasteiger partial charge in [-0.15, -0.1) is 0 Å². The minimum absolute atomic E-state index is 0.162. The average Bonchev–Trinajstić information content (AvgIpc) is 3.10. The molecule has 0 radical (unpaired) electrons. The van der Waals surface area contributed by atoms with E-state index in [1.807, 2.05) is 0 Å². The maximum Gasteiger partial charge on any atom is 0.486 e. The smallest absolute Gasteiger partial charge is 0.394 e. The number of aromatic nitrogens is 2. The molecule has 2 unspecified atom stereocenters. The number of phosphoric ester groups is 1. The van der Waals surface area contributed by atoms with Gasteiger partial charge in [0.2, 0.25) is 0 Å². The molecule has 0 saturated carbocycles. The van der Waals surface area contributed by atoms with E-state index in [9.17, 15) is 39.1 Å². The van der Waals surface area contributed by atoms with E-state index in [0.717, 1.165) is 4.57 Å². The van der Waals surface area contributed by atoms with Crippen LogP contribution in [0.3, 0.4) is 0 Å². The number of phosphoric acid groups is 2. The fourth-order valence-electron chi connectivity index (χ4n) is 3.46. The molecular formula is C16H26N2O15P2. The Balaban J connectivity index is 1.72. The van der Waals surface area contributed by atoms with Crippen molar-refractivity contribution in [3.8, 4) is 0 Å². The first-order valence-corrected chi connectivity index (χ1v) is 13.2. The van der Waals surface area contributed by atoms with E-state index >= 15 is 0 Å². The third-order valence-corrected chi connectivity index (χ3v) is 7.79. The minimum Gasteiger partial charge on any atom is -0.394 e. The van der Waals surface area contributed by atoms with E-state index in [0.29, 0.717) is 0 Å². The van der Waals surface area contributed by atoms with Crippen LogP contribution < -0.4 is 11.2 Å². The molecule has 2 aliphatic heterocycles. The van der Waals surface area contributed by atoms with Gasteiger partial charge in [-0.2, -0.15) is 4.31 Å². The molecule has 17 nitrogen and oxygen atoms in total. The van der Waals surface area contributed by atoms with Gasteiger partial charge in [-0.3, -0.25) is 23.4 Å². The van der Waals surface area contributed by atoms with Gasteiger partial charge in [0.05, 0.1) is 25.4 Å². The summed E-state index contributed by atoms with van der Waals surface area (Å²) in [6.07, 6.45) is -9.12. The molecule has 7 N–H and O–H groups in total. The summed E-state index contributed by atoms with van der Waals surface area (Å²) in [5, 5.41) is 39.3. The Morgan fingerprint density at radius 2 is 1.74 bits per heavy atom. The number of aryl methyl sites for hydroxylation is 1. The maximum atomic E-state index is 13.0. The van der Waals surface area contributed by atoms with Crippen LogP contribution in [0.25, 0.3) is 0 Å². The highest BCUT2D eigenvalue weighted by Crippen LogP contribution is 2.62. The number of hydrogen-bond acceptors (Lipinski definition) is 13. The van der Waals surface area contributed by atoms with Crippen LogP contribution in [0.15, 0.2) is 15.8 Å². The zero-order valence-electron chi connectivity index (χ0n) is 18.1. The van der Waals surface area contributed by atoms with Crippen LogP contribution in [0.5, 0.6) is 0 Å². The monoisotopic (exact) mass is 548 g/mol. The summed E-state index contributed by atoms with van der Waals surface area (Å²) >= 11 is 0. The van der Waals surface area contributed by atoms with Gasteiger partial charge in [0.1, 0.15) is 24.5 Å². The van der Waals surface area contributed by atoms with Crippen LogP contribution >= 0.6 is 15.6 Å². The third-order valence-electron chi connectivity index (χ3n) is 5.21. The standard InChI is InChI=1S/C16H26N2O15P2/c1-7-4-18(16(24)17-14(7)23)13-3-9(21)12(30-13)6-29-35(28,33-34(25,26)27)32-15-10(22)2-8(20)11(5-19)31-15/h4,8-13,15,19-22H,2-3,5-6H2,1H3,(H,17,23,24)(H2,25,26,27)/t8-,9?,10+,11+,12+,13+,15-,35?/m0/s1. The lowest BCUT2D eigenvalue weighted by atomic mass is 10.0. The molecule has 2 aliphatic rings. The normalized spacial score (nSPS) is 33.5. The highest BCUT2D eigenvalue weighted by atomic mass is 31.3. The second kappa shape index (κ2) is 11.0. The molecule has 0 amide bonds. The first-order valence-electron chi connectivity index (χ1n) is 10.2. The van der Waals surface area contributed by atoms with Gasteiger partial charge in [0, 0.05) is 24.6 Å². The van der Waals surface area contributed by atoms with Crippen molar-refractivity contribution in [3.05, 3.63) is 32.6 Å². The van der Waals surface area contributed by atoms with Crippen molar-refractivity contribution in [2.75, 3.05) is 13.2 Å². The van der Waals surface area contributed by atoms with Crippen molar-refractivity contribution < 1.29 is 62.2 Å². The molecule has 3 heterocycles. The van der Waals surface area contributed by atoms with Crippen molar-refractivity contribution >= 4 is 15.6 Å². The lowest BCUT2D eigenvalue weighted by Crippen LogP contribution is -2.49. The SMILES string of the molecule is Cc1cn([C@H]2CC(O)[C@@H](COP(=O)(O[C@@H]3O[C@H](CO)[C@@H](O)C[C@H]3O)OP(=O)(O)O)O2)c(=O)[nH]c1=O. The molecule has 19 heteroatoms. The predicted octanol–water partition coefficient (Wildman–Crippen LogP) is -2.43. The molecule has 1 aromatic heterocycles. The zero-order valence-corrected chi connectivity index (χ0v) is 19.9. The van der Waals surface area contributed by atoms with E-state index in [2.05, 4.69) is 9.29 Å². The van der Waals surface area contributed by atoms with E-state index < -0.39 is 89.6 Å². The largest absolute Gasteiger partial charge is 0.486 e. The van der Waals surface area contributed by atoms with Gasteiger partial charge in [0.25, 0.3) is 5.56 Å². The summed E-state index contributed by atoms with van der Waals surface area (Å²) in [5.41, 5.74) is -1.24. The number of aliphatic hydroxyl groups is 4. The Morgan fingerprint density at radius 1 is 1.09 bits per heavy atom. The molecule has 0 aliphatic carbocycles. The second-order valence-corrected chi connectivity index (χ2v) is 10.9. The number of rotatable bonds is 9. The van der Waals surface area contributed by atoms with Gasteiger partial charge in [0.15, 0.2) is 6.29 Å². The summed E-state index contributed by atoms with van der Waals surface area (Å²) in [7, 11) is -10.7. The highest BCUT2D eigenvalue weighted by Gasteiger charge is 2.46. The number of nitrogens with one attached hydrogen (secondary N) is 1. The van der Waals surface area contributed by atoms with Crippen LogP contribution in [-0.4, -0.2) is 89.8 Å². The molecule has 8 atom stereocenters. The minimum atomic E-state index is -5.49. The number of hydrogen-bond donors (Lipinski definition) is 7. The zero-order chi connectivity index (χ0) is 26.1. The molecule has 0 bridgehead atoms. The number of ether oxygens (including phenoxy) is 2. The molecular weight excluding hydrogens is 522 g/mol. The van der Waals surface area contributed by atoms with Crippen molar-refractivity contribution in [1.29, 1.82) is 0 Å². The molecule has 0 aromatic carbocycles. The maximum absolute atomic E-state index is 13.0. The van der Waals surface area contributed by atoms with Crippen molar-refractivity contribution in [2.24, 2.45) is 0 Å². The molecule has 35 heavy (non-hydrogen) atoms. The van der Waals surface area contributed by atoms with Crippen LogP contribution in [0.2, 0.25) is 0 Å². The van der Waals surface area contributed by atoms with Gasteiger partial charge in [-0.05, 0) is 6.92 Å². The first-order chi connectivity index (χ1) is 16.2. The number of H-pyrrole nitrogens is 1. The third kappa shape index (κ3) is 7.14. The quantitative estimate of drug-likeness (QED) is 0.158. The van der Waals surface area contributed by atoms with Crippen LogP contribution in [0.1, 0.15) is 24.6 Å². The van der Waals surface area contributed by atoms with Crippen LogP contribution in [0.4, 0.5) is 0 Å². The Bertz CT molecular complexity index is 1100. The van der Waals surface area contributed by atoms with Crippen LogP contribution in [0, 0.1) is 6.92 Å². The molecule has 2 saturated heterocycles. The van der Waals surface area contributed by atoms with E-state index in [-0.39, 0.29) is 12.0 Å². The number of aromatic amines is 1. The van der Waals surface area contributed by atoms with Crippen molar-refractivity contribution in [3.63, 3.8) is 0 Å². The Morgan fingerprint density at radius 3 is 2.37 bits per heavy atom. The Kier molecular flexibility index (Phi) is 8.87. The lowest BCUT2D eigenvalue weighted by Gasteiger charge is -2.36. The Labute approximate surface area is 196 Å². The summed E-state index contributed by atoms with van der Waals surface area (Å²) in [6, 6.07) is 0. The van der Waals surface area contributed by atoms with Gasteiger partial charge >= 0.3 is 21.3 Å². The predicted molar refractivity (Wildman–Crippen MR) is 111 cm³/mol. The van der Waals surface area contributed by atoms with Crippen molar-refractivity contribution in [2.45, 2.75) is 62.8 Å². The number of aliphatic hydroxyl groups excluding tert-OH is 4. The summed E-state index contributed by atoms with van der Waals surface area (Å²) < 4.78 is 49.9. The highest BCUT2D eigenvalue weighted by molar-refractivity contribution is 7.61.